The van der Waals surface area contributed by atoms with E-state index in [0.29, 0.717) is 19.3 Å². The second-order valence-corrected chi connectivity index (χ2v) is 17.9. The van der Waals surface area contributed by atoms with E-state index in [9.17, 15) is 14.4 Å². The van der Waals surface area contributed by atoms with Crippen LogP contribution >= 0.6 is 0 Å². The third kappa shape index (κ3) is 45.3. The molecule has 0 aromatic rings. The molecule has 0 aromatic heterocycles. The van der Waals surface area contributed by atoms with E-state index in [0.717, 1.165) is 63.7 Å². The predicted octanol–water partition coefficient (Wildman–Crippen LogP) is 16.3. The lowest BCUT2D eigenvalue weighted by Gasteiger charge is -2.18. The highest BCUT2D eigenvalue weighted by molar-refractivity contribution is 5.71. The second-order valence-electron chi connectivity index (χ2n) is 17.9. The molecule has 0 fully saturated rings. The Kier molecular flexibility index (Phi) is 44.2. The maximum Gasteiger partial charge on any atom is 0.306 e. The molecule has 0 aromatic carbocycles. The highest BCUT2D eigenvalue weighted by atomic mass is 16.6. The molecule has 338 valence electrons. The summed E-state index contributed by atoms with van der Waals surface area (Å²) in [6, 6.07) is 0. The van der Waals surface area contributed by atoms with Gasteiger partial charge < -0.3 is 14.2 Å². The van der Waals surface area contributed by atoms with Gasteiger partial charge >= 0.3 is 17.9 Å². The van der Waals surface area contributed by atoms with Gasteiger partial charge in [0.05, 0.1) is 0 Å². The summed E-state index contributed by atoms with van der Waals surface area (Å²) in [5.41, 5.74) is 0. The average Bonchev–Trinajstić information content (AvgIpc) is 3.19. The Morgan fingerprint density at radius 1 is 0.333 bits per heavy atom. The van der Waals surface area contributed by atoms with Crippen molar-refractivity contribution in [1.82, 2.24) is 0 Å². The summed E-state index contributed by atoms with van der Waals surface area (Å²) in [5.74, 6) is -0.0875. The second kappa shape index (κ2) is 45.5. The molecule has 0 radical (unpaired) electrons. The van der Waals surface area contributed by atoms with E-state index in [1.165, 1.54) is 180 Å². The van der Waals surface area contributed by atoms with E-state index in [-0.39, 0.29) is 31.1 Å². The summed E-state index contributed by atoms with van der Waals surface area (Å²) in [4.78, 5) is 37.8. The van der Waals surface area contributed by atoms with Gasteiger partial charge in [-0.1, -0.05) is 246 Å². The molecular weight excluding hydrogens is 709 g/mol. The molecule has 0 aliphatic carbocycles. The molecule has 0 saturated carbocycles. The van der Waals surface area contributed by atoms with Gasteiger partial charge in [-0.15, -0.1) is 0 Å². The van der Waals surface area contributed by atoms with Crippen molar-refractivity contribution in [1.29, 1.82) is 0 Å². The predicted molar refractivity (Wildman–Crippen MR) is 243 cm³/mol. The lowest BCUT2D eigenvalue weighted by Crippen LogP contribution is -2.30. The SMILES string of the molecule is CCCCCCCCCCCCCCCCCCCC(=O)O[C@@H](COC(=O)CCCCCCCCCCCCCCC)COC(=O)CCCCCCCCC(C)C. The van der Waals surface area contributed by atoms with Crippen molar-refractivity contribution in [3.8, 4) is 0 Å². The van der Waals surface area contributed by atoms with Crippen molar-refractivity contribution in [3.63, 3.8) is 0 Å². The van der Waals surface area contributed by atoms with E-state index in [1.54, 1.807) is 0 Å². The molecule has 0 aliphatic rings. The van der Waals surface area contributed by atoms with Crippen molar-refractivity contribution in [2.24, 2.45) is 5.92 Å². The first-order valence-corrected chi connectivity index (χ1v) is 25.4. The van der Waals surface area contributed by atoms with Crippen LogP contribution in [0.3, 0.4) is 0 Å². The molecule has 6 nitrogen and oxygen atoms in total. The first-order valence-electron chi connectivity index (χ1n) is 25.4. The fourth-order valence-corrected chi connectivity index (χ4v) is 7.69. The number of ether oxygens (including phenoxy) is 3. The Labute approximate surface area is 355 Å². The molecule has 0 N–H and O–H groups in total. The topological polar surface area (TPSA) is 78.9 Å². The number of carbonyl (C=O) groups excluding carboxylic acids is 3. The maximum absolute atomic E-state index is 12.8. The van der Waals surface area contributed by atoms with Gasteiger partial charge in [-0.2, -0.15) is 0 Å². The molecule has 0 rings (SSSR count). The van der Waals surface area contributed by atoms with Gasteiger partial charge in [0.25, 0.3) is 0 Å². The highest BCUT2D eigenvalue weighted by Crippen LogP contribution is 2.17. The smallest absolute Gasteiger partial charge is 0.306 e. The quantitative estimate of drug-likeness (QED) is 0.0346. The van der Waals surface area contributed by atoms with E-state index in [4.69, 9.17) is 14.2 Å². The van der Waals surface area contributed by atoms with Crippen molar-refractivity contribution < 1.29 is 28.6 Å². The molecule has 0 unspecified atom stereocenters. The lowest BCUT2D eigenvalue weighted by atomic mass is 10.0. The van der Waals surface area contributed by atoms with Crippen LogP contribution in [0.4, 0.5) is 0 Å². The lowest BCUT2D eigenvalue weighted by molar-refractivity contribution is -0.167. The Bertz CT molecular complexity index is 857. The van der Waals surface area contributed by atoms with Gasteiger partial charge in [-0.3, -0.25) is 14.4 Å². The van der Waals surface area contributed by atoms with Crippen LogP contribution < -0.4 is 0 Å². The monoisotopic (exact) mass is 807 g/mol. The number of unbranched alkanes of at least 4 members (excludes halogenated alkanes) is 33. The van der Waals surface area contributed by atoms with Gasteiger partial charge in [-0.25, -0.2) is 0 Å². The van der Waals surface area contributed by atoms with Crippen molar-refractivity contribution in [2.45, 2.75) is 291 Å². The van der Waals surface area contributed by atoms with Gasteiger partial charge in [0.1, 0.15) is 13.2 Å². The van der Waals surface area contributed by atoms with Gasteiger partial charge in [0, 0.05) is 19.3 Å². The van der Waals surface area contributed by atoms with E-state index in [2.05, 4.69) is 27.7 Å². The minimum atomic E-state index is -0.760. The van der Waals surface area contributed by atoms with Crippen LogP contribution in [0.15, 0.2) is 0 Å². The Morgan fingerprint density at radius 3 is 0.860 bits per heavy atom. The maximum atomic E-state index is 12.8. The standard InChI is InChI=1S/C51H98O6/c1-5-7-9-11-13-15-17-19-20-21-22-24-26-28-30-36-40-44-51(54)57-48(46-56-50(53)43-39-35-32-31-33-37-41-47(3)4)45-55-49(52)42-38-34-29-27-25-23-18-16-14-12-10-8-6-2/h47-48H,5-46H2,1-4H3/t48-/m0/s1. The number of rotatable bonds is 46. The summed E-state index contributed by atoms with van der Waals surface area (Å²) in [6.45, 7) is 8.95. The Balaban J connectivity index is 4.26. The van der Waals surface area contributed by atoms with Crippen LogP contribution in [0.5, 0.6) is 0 Å². The number of hydrogen-bond acceptors (Lipinski definition) is 6. The van der Waals surface area contributed by atoms with Crippen molar-refractivity contribution in [2.75, 3.05) is 13.2 Å². The minimum Gasteiger partial charge on any atom is -0.462 e. The number of carbonyl (C=O) groups is 3. The first-order chi connectivity index (χ1) is 27.9. The summed E-state index contributed by atoms with van der Waals surface area (Å²) in [6.07, 6.45) is 46.7. The summed E-state index contributed by atoms with van der Waals surface area (Å²) in [7, 11) is 0. The van der Waals surface area contributed by atoms with Crippen molar-refractivity contribution >= 4 is 17.9 Å². The Hall–Kier alpha value is -1.59. The molecule has 57 heavy (non-hydrogen) atoms. The molecule has 0 bridgehead atoms. The van der Waals surface area contributed by atoms with Gasteiger partial charge in [0.2, 0.25) is 0 Å². The van der Waals surface area contributed by atoms with Crippen LogP contribution in [-0.2, 0) is 28.6 Å². The molecule has 0 amide bonds. The van der Waals surface area contributed by atoms with E-state index >= 15 is 0 Å². The Morgan fingerprint density at radius 2 is 0.579 bits per heavy atom. The molecule has 0 aliphatic heterocycles. The van der Waals surface area contributed by atoms with Crippen LogP contribution in [-0.4, -0.2) is 37.2 Å². The number of hydrogen-bond donors (Lipinski definition) is 0. The zero-order chi connectivity index (χ0) is 41.7. The van der Waals surface area contributed by atoms with Crippen LogP contribution in [0.25, 0.3) is 0 Å². The zero-order valence-electron chi connectivity index (χ0n) is 38.8. The normalized spacial score (nSPS) is 11.9. The summed E-state index contributed by atoms with van der Waals surface area (Å²) >= 11 is 0. The van der Waals surface area contributed by atoms with Crippen LogP contribution in [0.2, 0.25) is 0 Å². The third-order valence-electron chi connectivity index (χ3n) is 11.5. The van der Waals surface area contributed by atoms with Crippen LogP contribution in [0.1, 0.15) is 285 Å². The fourth-order valence-electron chi connectivity index (χ4n) is 7.69. The fraction of sp³-hybridized carbons (Fsp3) is 0.941. The summed E-state index contributed by atoms with van der Waals surface area (Å²) < 4.78 is 16.8. The largest absolute Gasteiger partial charge is 0.462 e. The third-order valence-corrected chi connectivity index (χ3v) is 11.5. The highest BCUT2D eigenvalue weighted by Gasteiger charge is 2.19. The minimum absolute atomic E-state index is 0.0638. The molecule has 0 spiro atoms. The van der Waals surface area contributed by atoms with Gasteiger partial charge in [-0.05, 0) is 25.2 Å². The molecular formula is C51H98O6. The first kappa shape index (κ1) is 55.4. The number of esters is 3. The van der Waals surface area contributed by atoms with Crippen molar-refractivity contribution in [3.05, 3.63) is 0 Å². The zero-order valence-corrected chi connectivity index (χ0v) is 38.8. The summed E-state index contributed by atoms with van der Waals surface area (Å²) in [5, 5.41) is 0. The molecule has 1 atom stereocenters. The van der Waals surface area contributed by atoms with Gasteiger partial charge in [0.15, 0.2) is 6.10 Å². The molecule has 0 heterocycles. The molecule has 6 heteroatoms. The van der Waals surface area contributed by atoms with E-state index < -0.39 is 6.10 Å². The molecule has 0 saturated heterocycles. The van der Waals surface area contributed by atoms with Crippen LogP contribution in [0, 0.1) is 5.92 Å². The average molecular weight is 807 g/mol. The van der Waals surface area contributed by atoms with E-state index in [1.807, 2.05) is 0 Å².